The van der Waals surface area contributed by atoms with Gasteiger partial charge in [-0.2, -0.15) is 0 Å². The van der Waals surface area contributed by atoms with E-state index in [2.05, 4.69) is 27.2 Å². The molecule has 2 aromatic rings. The summed E-state index contributed by atoms with van der Waals surface area (Å²) in [6.45, 7) is 6.60. The number of sulfonamides is 1. The molecule has 6 nitrogen and oxygen atoms in total. The van der Waals surface area contributed by atoms with Crippen LogP contribution in [0, 0.1) is 13.8 Å². The highest BCUT2D eigenvalue weighted by molar-refractivity contribution is 7.92. The molecule has 0 unspecified atom stereocenters. The fourth-order valence-electron chi connectivity index (χ4n) is 2.26. The first kappa shape index (κ1) is 18.2. The van der Waals surface area contributed by atoms with Crippen molar-refractivity contribution < 1.29 is 8.42 Å². The van der Waals surface area contributed by atoms with E-state index in [1.807, 2.05) is 13.0 Å². The van der Waals surface area contributed by atoms with E-state index in [-0.39, 0.29) is 10.7 Å². The minimum Gasteiger partial charge on any atom is -0.369 e. The van der Waals surface area contributed by atoms with E-state index in [4.69, 9.17) is 0 Å². The van der Waals surface area contributed by atoms with E-state index in [1.54, 1.807) is 31.2 Å². The molecule has 0 aliphatic heterocycles. The maximum Gasteiger partial charge on any atom is 0.263 e. The van der Waals surface area contributed by atoms with Gasteiger partial charge in [0.25, 0.3) is 10.0 Å². The van der Waals surface area contributed by atoms with Crippen LogP contribution in [-0.4, -0.2) is 25.2 Å². The Kier molecular flexibility index (Phi) is 6.14. The highest BCUT2D eigenvalue weighted by Crippen LogP contribution is 2.19. The predicted octanol–water partition coefficient (Wildman–Crippen LogP) is 3.50. The van der Waals surface area contributed by atoms with Crippen LogP contribution in [0.5, 0.6) is 0 Å². The molecule has 0 saturated carbocycles. The van der Waals surface area contributed by atoms with E-state index < -0.39 is 10.0 Å². The minimum absolute atomic E-state index is 0.204. The van der Waals surface area contributed by atoms with Crippen molar-refractivity contribution in [3.05, 3.63) is 41.5 Å². The summed E-state index contributed by atoms with van der Waals surface area (Å²) in [6, 6.07) is 8.65. The number of aryl methyl sites for hydroxylation is 2. The fourth-order valence-corrected chi connectivity index (χ4v) is 3.59. The molecule has 0 radical (unpaired) electrons. The van der Waals surface area contributed by atoms with Gasteiger partial charge in [-0.05, 0) is 49.6 Å². The van der Waals surface area contributed by atoms with Gasteiger partial charge < -0.3 is 5.32 Å². The van der Waals surface area contributed by atoms with Gasteiger partial charge in [-0.1, -0.05) is 31.9 Å². The van der Waals surface area contributed by atoms with E-state index in [1.165, 1.54) is 0 Å². The van der Waals surface area contributed by atoms with Crippen LogP contribution in [0.2, 0.25) is 0 Å². The summed E-state index contributed by atoms with van der Waals surface area (Å²) in [5, 5.41) is 11.1. The molecule has 0 spiro atoms. The molecule has 130 valence electrons. The zero-order valence-electron chi connectivity index (χ0n) is 14.3. The quantitative estimate of drug-likeness (QED) is 0.713. The van der Waals surface area contributed by atoms with Crippen LogP contribution in [0.1, 0.15) is 37.3 Å². The van der Waals surface area contributed by atoms with Crippen LogP contribution in [0.3, 0.4) is 0 Å². The Morgan fingerprint density at radius 3 is 2.38 bits per heavy atom. The number of nitrogens with zero attached hydrogens (tertiary/aromatic N) is 2. The van der Waals surface area contributed by atoms with Gasteiger partial charge in [-0.15, -0.1) is 10.2 Å². The molecule has 2 rings (SSSR count). The number of hydrogen-bond donors (Lipinski definition) is 2. The molecule has 1 aromatic heterocycles. The summed E-state index contributed by atoms with van der Waals surface area (Å²) < 4.78 is 27.5. The molecule has 24 heavy (non-hydrogen) atoms. The van der Waals surface area contributed by atoms with Gasteiger partial charge >= 0.3 is 0 Å². The summed E-state index contributed by atoms with van der Waals surface area (Å²) in [6.07, 6.45) is 3.39. The van der Waals surface area contributed by atoms with Gasteiger partial charge in [-0.25, -0.2) is 8.42 Å². The molecular formula is C17H24N4O2S. The molecule has 0 aliphatic carbocycles. The lowest BCUT2D eigenvalue weighted by molar-refractivity contribution is 0.600. The van der Waals surface area contributed by atoms with Crippen molar-refractivity contribution in [1.29, 1.82) is 0 Å². The third-order valence-corrected chi connectivity index (χ3v) is 5.12. The molecule has 0 saturated heterocycles. The van der Waals surface area contributed by atoms with Crippen molar-refractivity contribution in [3.8, 4) is 0 Å². The maximum absolute atomic E-state index is 12.5. The van der Waals surface area contributed by atoms with Crippen LogP contribution in [-0.2, 0) is 10.0 Å². The Balaban J connectivity index is 2.06. The summed E-state index contributed by atoms with van der Waals surface area (Å²) in [4.78, 5) is 0.256. The number of nitrogens with one attached hydrogen (secondary N) is 2. The topological polar surface area (TPSA) is 84.0 Å². The lowest BCUT2D eigenvalue weighted by Crippen LogP contribution is -2.16. The van der Waals surface area contributed by atoms with Crippen LogP contribution < -0.4 is 10.0 Å². The lowest BCUT2D eigenvalue weighted by Gasteiger charge is -2.10. The lowest BCUT2D eigenvalue weighted by atomic mass is 10.2. The van der Waals surface area contributed by atoms with Crippen molar-refractivity contribution in [2.45, 2.75) is 44.9 Å². The molecule has 0 bridgehead atoms. The first-order valence-electron chi connectivity index (χ1n) is 8.10. The third-order valence-electron chi connectivity index (χ3n) is 3.62. The predicted molar refractivity (Wildman–Crippen MR) is 96.8 cm³/mol. The van der Waals surface area contributed by atoms with Crippen LogP contribution in [0.25, 0.3) is 0 Å². The molecule has 2 N–H and O–H groups in total. The van der Waals surface area contributed by atoms with E-state index in [0.717, 1.165) is 31.4 Å². The summed E-state index contributed by atoms with van der Waals surface area (Å²) in [5.74, 6) is 0.843. The second kappa shape index (κ2) is 8.10. The fraction of sp³-hybridized carbons (Fsp3) is 0.412. The molecule has 0 fully saturated rings. The van der Waals surface area contributed by atoms with Crippen molar-refractivity contribution in [2.75, 3.05) is 16.6 Å². The van der Waals surface area contributed by atoms with Crippen LogP contribution >= 0.6 is 0 Å². The zero-order chi connectivity index (χ0) is 17.6. The number of rotatable bonds is 8. The Hall–Kier alpha value is -2.15. The third kappa shape index (κ3) is 4.92. The average Bonchev–Trinajstić information content (AvgIpc) is 2.55. The van der Waals surface area contributed by atoms with Gasteiger partial charge in [0.15, 0.2) is 5.82 Å². The normalized spacial score (nSPS) is 11.3. The Labute approximate surface area is 143 Å². The summed E-state index contributed by atoms with van der Waals surface area (Å²) >= 11 is 0. The van der Waals surface area contributed by atoms with E-state index in [0.29, 0.717) is 11.4 Å². The number of anilines is 2. The second-order valence-electron chi connectivity index (χ2n) is 5.81. The number of hydrogen-bond acceptors (Lipinski definition) is 5. The standard InChI is InChI=1S/C17H24N4O2S/c1-4-5-6-11-18-16-9-10-17(20-19-16)21-24(22,23)15-12-13(2)7-8-14(15)3/h7-10,12H,4-6,11H2,1-3H3,(H,18,19)(H,20,21). The van der Waals surface area contributed by atoms with Crippen molar-refractivity contribution in [3.63, 3.8) is 0 Å². The van der Waals surface area contributed by atoms with Gasteiger partial charge in [0, 0.05) is 6.54 Å². The molecule has 0 amide bonds. The van der Waals surface area contributed by atoms with Crippen molar-refractivity contribution >= 4 is 21.7 Å². The van der Waals surface area contributed by atoms with Crippen LogP contribution in [0.15, 0.2) is 35.2 Å². The van der Waals surface area contributed by atoms with E-state index in [9.17, 15) is 8.42 Å². The Morgan fingerprint density at radius 2 is 1.71 bits per heavy atom. The summed E-state index contributed by atoms with van der Waals surface area (Å²) in [7, 11) is -3.68. The molecule has 0 atom stereocenters. The van der Waals surface area contributed by atoms with Gasteiger partial charge in [0.05, 0.1) is 4.90 Å². The van der Waals surface area contributed by atoms with Crippen molar-refractivity contribution in [1.82, 2.24) is 10.2 Å². The van der Waals surface area contributed by atoms with Gasteiger partial charge in [0.2, 0.25) is 0 Å². The molecule has 0 aliphatic rings. The van der Waals surface area contributed by atoms with Gasteiger partial charge in [0.1, 0.15) is 5.82 Å². The molecule has 1 heterocycles. The van der Waals surface area contributed by atoms with E-state index >= 15 is 0 Å². The average molecular weight is 348 g/mol. The first-order valence-corrected chi connectivity index (χ1v) is 9.58. The number of unbranched alkanes of at least 4 members (excludes halogenated alkanes) is 2. The first-order chi connectivity index (χ1) is 11.4. The zero-order valence-corrected chi connectivity index (χ0v) is 15.2. The Morgan fingerprint density at radius 1 is 1.00 bits per heavy atom. The van der Waals surface area contributed by atoms with Gasteiger partial charge in [-0.3, -0.25) is 4.72 Å². The number of benzene rings is 1. The molecule has 7 heteroatoms. The molecular weight excluding hydrogens is 324 g/mol. The largest absolute Gasteiger partial charge is 0.369 e. The highest BCUT2D eigenvalue weighted by atomic mass is 32.2. The number of aromatic nitrogens is 2. The van der Waals surface area contributed by atoms with Crippen LogP contribution in [0.4, 0.5) is 11.6 Å². The second-order valence-corrected chi connectivity index (χ2v) is 7.46. The minimum atomic E-state index is -3.68. The smallest absolute Gasteiger partial charge is 0.263 e. The van der Waals surface area contributed by atoms with Crippen molar-refractivity contribution in [2.24, 2.45) is 0 Å². The molecule has 1 aromatic carbocycles. The summed E-state index contributed by atoms with van der Waals surface area (Å²) in [5.41, 5.74) is 1.58. The maximum atomic E-state index is 12.5. The SMILES string of the molecule is CCCCCNc1ccc(NS(=O)(=O)c2cc(C)ccc2C)nn1. The Bertz CT molecular complexity index is 774. The highest BCUT2D eigenvalue weighted by Gasteiger charge is 2.17. The monoisotopic (exact) mass is 348 g/mol.